The molecule has 16 heteroatoms. The van der Waals surface area contributed by atoms with Crippen LogP contribution in [0.25, 0.3) is 0 Å². The minimum atomic E-state index is -4.88. The number of carbonyl (C=O) groups is 3. The number of thioether (sulfide) groups is 1. The number of para-hydroxylation sites is 2. The van der Waals surface area contributed by atoms with Crippen molar-refractivity contribution < 1.29 is 40.7 Å². The quantitative estimate of drug-likeness (QED) is 0.215. The summed E-state index contributed by atoms with van der Waals surface area (Å²) in [5.41, 5.74) is -3.04. The number of benzene rings is 2. The average Bonchev–Trinajstić information content (AvgIpc) is 3.43. The van der Waals surface area contributed by atoms with E-state index in [2.05, 4.69) is 10.3 Å². The number of hydrogen-bond acceptors (Lipinski definition) is 7. The summed E-state index contributed by atoms with van der Waals surface area (Å²) >= 11 is 1.42. The predicted molar refractivity (Wildman–Crippen MR) is 152 cm³/mol. The second-order valence-electron chi connectivity index (χ2n) is 10.1. The Morgan fingerprint density at radius 3 is 2.20 bits per heavy atom. The number of nitrogens with zero attached hydrogens (tertiary/aromatic N) is 3. The van der Waals surface area contributed by atoms with Gasteiger partial charge in [-0.3, -0.25) is 28.7 Å². The molecule has 6 rings (SSSR count). The molecule has 0 radical (unpaired) electrons. The molecule has 2 aliphatic heterocycles. The van der Waals surface area contributed by atoms with Gasteiger partial charge in [-0.15, -0.1) is 0 Å². The van der Waals surface area contributed by atoms with Gasteiger partial charge < -0.3 is 5.32 Å². The molecule has 2 aliphatic rings. The molecule has 3 amide bonds. The molecular weight excluding hydrogens is 646 g/mol. The molecule has 232 valence electrons. The summed E-state index contributed by atoms with van der Waals surface area (Å²) < 4.78 is 83.1. The van der Waals surface area contributed by atoms with Crippen LogP contribution in [0, 0.1) is 5.92 Å². The number of imide groups is 1. The number of hydrogen-bond donors (Lipinski definition) is 1. The van der Waals surface area contributed by atoms with Gasteiger partial charge in [-0.05, 0) is 35.9 Å². The molecule has 2 aromatic carbocycles. The van der Waals surface area contributed by atoms with E-state index in [0.29, 0.717) is 21.8 Å². The molecule has 2 aromatic heterocycles. The summed E-state index contributed by atoms with van der Waals surface area (Å²) in [7, 11) is 0. The molecule has 0 saturated carbocycles. The molecule has 2 unspecified atom stereocenters. The third-order valence-electron chi connectivity index (χ3n) is 7.35. The summed E-state index contributed by atoms with van der Waals surface area (Å²) in [6.07, 6.45) is -6.79. The fraction of sp³-hybridized carbons (Fsp3) is 0.207. The van der Waals surface area contributed by atoms with E-state index in [-0.39, 0.29) is 9.90 Å². The molecule has 0 spiro atoms. The van der Waals surface area contributed by atoms with E-state index in [1.165, 1.54) is 24.5 Å². The SMILES string of the molecule is O=C(Cn1c2c(sc1=O)[C@H](c1cccnc1)C1C(=O)N(c3ccccc3C(F)(F)F)C(=O)C1S2)Nc1ccccc1C(F)(F)F. The van der Waals surface area contributed by atoms with Crippen LogP contribution in [0.5, 0.6) is 0 Å². The van der Waals surface area contributed by atoms with E-state index >= 15 is 0 Å². The zero-order chi connectivity index (χ0) is 32.3. The third kappa shape index (κ3) is 5.41. The van der Waals surface area contributed by atoms with Crippen LogP contribution in [-0.4, -0.2) is 32.5 Å². The first-order valence-electron chi connectivity index (χ1n) is 13.1. The van der Waals surface area contributed by atoms with Crippen molar-refractivity contribution in [3.63, 3.8) is 0 Å². The van der Waals surface area contributed by atoms with Gasteiger partial charge in [-0.25, -0.2) is 4.90 Å². The molecule has 4 heterocycles. The van der Waals surface area contributed by atoms with E-state index in [1.54, 1.807) is 12.1 Å². The van der Waals surface area contributed by atoms with Crippen molar-refractivity contribution >= 4 is 52.2 Å². The lowest BCUT2D eigenvalue weighted by Crippen LogP contribution is -2.33. The van der Waals surface area contributed by atoms with Gasteiger partial charge in [0.2, 0.25) is 17.7 Å². The third-order valence-corrected chi connectivity index (χ3v) is 9.96. The minimum Gasteiger partial charge on any atom is -0.324 e. The first-order chi connectivity index (χ1) is 21.3. The van der Waals surface area contributed by atoms with E-state index in [0.717, 1.165) is 52.7 Å². The predicted octanol–water partition coefficient (Wildman–Crippen LogP) is 5.78. The van der Waals surface area contributed by atoms with Gasteiger partial charge in [0, 0.05) is 23.2 Å². The Morgan fingerprint density at radius 1 is 0.867 bits per heavy atom. The van der Waals surface area contributed by atoms with Gasteiger partial charge in [0.1, 0.15) is 11.8 Å². The van der Waals surface area contributed by atoms with E-state index in [1.807, 2.05) is 0 Å². The molecule has 0 bridgehead atoms. The van der Waals surface area contributed by atoms with Crippen LogP contribution in [0.2, 0.25) is 0 Å². The molecule has 4 aromatic rings. The normalized spacial score (nSPS) is 19.8. The highest BCUT2D eigenvalue weighted by molar-refractivity contribution is 8.00. The second kappa shape index (κ2) is 11.2. The highest BCUT2D eigenvalue weighted by Crippen LogP contribution is 2.54. The van der Waals surface area contributed by atoms with E-state index < -0.39 is 81.1 Å². The van der Waals surface area contributed by atoms with Crippen LogP contribution in [0.1, 0.15) is 27.5 Å². The first-order valence-corrected chi connectivity index (χ1v) is 14.8. The Kier molecular flexibility index (Phi) is 7.59. The van der Waals surface area contributed by atoms with Crippen LogP contribution in [0.15, 0.2) is 82.9 Å². The maximum absolute atomic E-state index is 13.9. The fourth-order valence-electron chi connectivity index (χ4n) is 5.49. The number of amides is 3. The molecule has 8 nitrogen and oxygen atoms in total. The summed E-state index contributed by atoms with van der Waals surface area (Å²) in [5.74, 6) is -5.03. The van der Waals surface area contributed by atoms with Crippen molar-refractivity contribution in [2.75, 3.05) is 10.2 Å². The van der Waals surface area contributed by atoms with Gasteiger partial charge in [0.05, 0.1) is 33.4 Å². The number of rotatable bonds is 5. The number of pyridine rings is 1. The van der Waals surface area contributed by atoms with Crippen molar-refractivity contribution in [1.29, 1.82) is 0 Å². The summed E-state index contributed by atoms with van der Waals surface area (Å²) in [6.45, 7) is -0.732. The highest BCUT2D eigenvalue weighted by Gasteiger charge is 2.58. The number of anilines is 2. The number of alkyl halides is 6. The fourth-order valence-corrected chi connectivity index (χ4v) is 8.27. The van der Waals surface area contributed by atoms with Gasteiger partial charge in [-0.1, -0.05) is 53.4 Å². The number of halogens is 6. The molecule has 1 saturated heterocycles. The molecule has 1 N–H and O–H groups in total. The monoisotopic (exact) mass is 664 g/mol. The molecule has 45 heavy (non-hydrogen) atoms. The maximum atomic E-state index is 13.9. The van der Waals surface area contributed by atoms with Gasteiger partial charge >= 0.3 is 17.2 Å². The van der Waals surface area contributed by atoms with Crippen LogP contribution in [0.3, 0.4) is 0 Å². The van der Waals surface area contributed by atoms with Gasteiger partial charge in [0.15, 0.2) is 0 Å². The first kappa shape index (κ1) is 30.6. The lowest BCUT2D eigenvalue weighted by atomic mass is 9.84. The van der Waals surface area contributed by atoms with Crippen molar-refractivity contribution in [3.05, 3.63) is 104 Å². The molecule has 1 fully saturated rings. The second-order valence-corrected chi connectivity index (χ2v) is 12.2. The largest absolute Gasteiger partial charge is 0.418 e. The number of aromatic nitrogens is 2. The number of thiazole rings is 1. The number of fused-ring (bicyclic) bond motifs is 2. The van der Waals surface area contributed by atoms with Crippen molar-refractivity contribution in [1.82, 2.24) is 9.55 Å². The highest BCUT2D eigenvalue weighted by atomic mass is 32.2. The van der Waals surface area contributed by atoms with Crippen LogP contribution in [-0.2, 0) is 33.3 Å². The van der Waals surface area contributed by atoms with E-state index in [9.17, 15) is 45.5 Å². The molecular formula is C29H18F6N4O4S2. The Morgan fingerprint density at radius 2 is 1.53 bits per heavy atom. The smallest absolute Gasteiger partial charge is 0.324 e. The minimum absolute atomic E-state index is 0.103. The Hall–Kier alpha value is -4.44. The van der Waals surface area contributed by atoms with Crippen LogP contribution in [0.4, 0.5) is 37.7 Å². The standard InChI is InChI=1S/C29H18F6N4O4S2/c30-28(31,32)15-7-1-3-9-17(15)37-19(40)13-38-26-23(45-27(38)43)20(14-6-5-11-36-12-14)21-22(44-26)25(42)39(24(21)41)18-10-4-2-8-16(18)29(33,34)35/h1-12,20-22H,13H2,(H,37,40)/t20-,21?,22?/m1/s1. The number of carbonyl (C=O) groups excluding carboxylic acids is 3. The van der Waals surface area contributed by atoms with Crippen molar-refractivity contribution in [3.8, 4) is 0 Å². The summed E-state index contributed by atoms with van der Waals surface area (Å²) in [6, 6.07) is 11.6. The van der Waals surface area contributed by atoms with Crippen LogP contribution >= 0.6 is 23.1 Å². The zero-order valence-electron chi connectivity index (χ0n) is 22.4. The maximum Gasteiger partial charge on any atom is 0.418 e. The van der Waals surface area contributed by atoms with Gasteiger partial charge in [-0.2, -0.15) is 26.3 Å². The number of nitrogens with one attached hydrogen (secondary N) is 1. The van der Waals surface area contributed by atoms with Crippen molar-refractivity contribution in [2.45, 2.75) is 35.1 Å². The zero-order valence-corrected chi connectivity index (χ0v) is 24.1. The van der Waals surface area contributed by atoms with Gasteiger partial charge in [0.25, 0.3) is 0 Å². The molecule has 0 aliphatic carbocycles. The Labute approximate surface area is 257 Å². The average molecular weight is 665 g/mol. The lowest BCUT2D eigenvalue weighted by Gasteiger charge is -2.30. The van der Waals surface area contributed by atoms with Crippen molar-refractivity contribution in [2.24, 2.45) is 5.92 Å². The Bertz CT molecular complexity index is 1890. The van der Waals surface area contributed by atoms with E-state index in [4.69, 9.17) is 0 Å². The summed E-state index contributed by atoms with van der Waals surface area (Å²) in [5, 5.41) is 0.991. The lowest BCUT2D eigenvalue weighted by molar-refractivity contribution is -0.138. The molecule has 3 atom stereocenters. The Balaban J connectivity index is 1.41. The van der Waals surface area contributed by atoms with Crippen LogP contribution < -0.4 is 15.1 Å². The summed E-state index contributed by atoms with van der Waals surface area (Å²) in [4.78, 5) is 58.0. The topological polar surface area (TPSA) is 101 Å².